The standard InChI is InChI=1S/C19H26N2O5/c1-3-24-19(23)14-6-8-21(9-7-14)11-18(22)20-13(2)15-4-5-16-17(10-15)26-12-25-16/h4-5,10,13-14H,3,6-9,11-12H2,1-2H3,(H,20,22)/p+1/t13-/m1/s1. The van der Waals surface area contributed by atoms with Gasteiger partial charge in [-0.2, -0.15) is 0 Å². The Hall–Kier alpha value is -2.28. The van der Waals surface area contributed by atoms with Gasteiger partial charge in [-0.05, 0) is 31.5 Å². The van der Waals surface area contributed by atoms with Gasteiger partial charge in [0.15, 0.2) is 18.0 Å². The van der Waals surface area contributed by atoms with Crippen molar-refractivity contribution in [1.29, 1.82) is 0 Å². The Morgan fingerprint density at radius 1 is 1.27 bits per heavy atom. The first-order chi connectivity index (χ1) is 12.6. The summed E-state index contributed by atoms with van der Waals surface area (Å²) < 4.78 is 15.8. The van der Waals surface area contributed by atoms with E-state index in [-0.39, 0.29) is 30.6 Å². The number of rotatable bonds is 6. The molecule has 1 fully saturated rings. The lowest BCUT2D eigenvalue weighted by molar-refractivity contribution is -0.897. The van der Waals surface area contributed by atoms with Crippen molar-refractivity contribution in [2.24, 2.45) is 5.92 Å². The fraction of sp³-hybridized carbons (Fsp3) is 0.579. The van der Waals surface area contributed by atoms with Gasteiger partial charge in [0.2, 0.25) is 6.79 Å². The lowest BCUT2D eigenvalue weighted by atomic mass is 9.97. The van der Waals surface area contributed by atoms with E-state index in [0.717, 1.165) is 43.0 Å². The average Bonchev–Trinajstić information content (AvgIpc) is 3.10. The molecule has 7 nitrogen and oxygen atoms in total. The Kier molecular flexibility index (Phi) is 5.98. The third-order valence-electron chi connectivity index (χ3n) is 5.00. The molecular weight excluding hydrogens is 336 g/mol. The molecule has 1 aromatic rings. The summed E-state index contributed by atoms with van der Waals surface area (Å²) in [7, 11) is 0. The second kappa shape index (κ2) is 8.40. The van der Waals surface area contributed by atoms with E-state index in [4.69, 9.17) is 14.2 Å². The van der Waals surface area contributed by atoms with Gasteiger partial charge in [0, 0.05) is 12.8 Å². The highest BCUT2D eigenvalue weighted by molar-refractivity contribution is 5.77. The Morgan fingerprint density at radius 2 is 2.00 bits per heavy atom. The number of quaternary nitrogens is 1. The summed E-state index contributed by atoms with van der Waals surface area (Å²) in [5, 5.41) is 3.04. The van der Waals surface area contributed by atoms with Crippen molar-refractivity contribution in [1.82, 2.24) is 5.32 Å². The van der Waals surface area contributed by atoms with E-state index in [1.165, 1.54) is 4.90 Å². The number of hydrogen-bond acceptors (Lipinski definition) is 5. The second-order valence-corrected chi connectivity index (χ2v) is 6.85. The molecule has 2 aliphatic rings. The lowest BCUT2D eigenvalue weighted by Crippen LogP contribution is -3.14. The molecule has 1 aromatic carbocycles. The van der Waals surface area contributed by atoms with Gasteiger partial charge < -0.3 is 24.4 Å². The maximum atomic E-state index is 12.4. The number of ether oxygens (including phenoxy) is 3. The van der Waals surface area contributed by atoms with Crippen LogP contribution < -0.4 is 19.7 Å². The number of likely N-dealkylation sites (tertiary alicyclic amines) is 1. The third kappa shape index (κ3) is 4.46. The van der Waals surface area contributed by atoms with E-state index < -0.39 is 0 Å². The molecule has 0 aliphatic carbocycles. The number of amides is 1. The Labute approximate surface area is 153 Å². The van der Waals surface area contributed by atoms with Crippen molar-refractivity contribution in [3.05, 3.63) is 23.8 Å². The third-order valence-corrected chi connectivity index (χ3v) is 5.00. The Bertz CT molecular complexity index is 655. The van der Waals surface area contributed by atoms with Gasteiger partial charge >= 0.3 is 5.97 Å². The summed E-state index contributed by atoms with van der Waals surface area (Å²) in [6, 6.07) is 5.61. The summed E-state index contributed by atoms with van der Waals surface area (Å²) in [6.45, 7) is 6.49. The monoisotopic (exact) mass is 363 g/mol. The number of carbonyl (C=O) groups is 2. The maximum absolute atomic E-state index is 12.4. The molecule has 1 atom stereocenters. The van der Waals surface area contributed by atoms with E-state index in [1.54, 1.807) is 0 Å². The van der Waals surface area contributed by atoms with Crippen LogP contribution in [0.25, 0.3) is 0 Å². The van der Waals surface area contributed by atoms with Crippen LogP contribution in [0.15, 0.2) is 18.2 Å². The molecule has 3 rings (SSSR count). The zero-order chi connectivity index (χ0) is 18.5. The van der Waals surface area contributed by atoms with Crippen molar-refractivity contribution in [3.63, 3.8) is 0 Å². The minimum absolute atomic E-state index is 0.0137. The molecule has 2 N–H and O–H groups in total. The minimum Gasteiger partial charge on any atom is -0.466 e. The average molecular weight is 363 g/mol. The molecular formula is C19H27N2O5+. The normalized spacial score (nSPS) is 22.5. The number of hydrogen-bond donors (Lipinski definition) is 2. The van der Waals surface area contributed by atoms with E-state index in [0.29, 0.717) is 13.2 Å². The molecule has 26 heavy (non-hydrogen) atoms. The number of piperidine rings is 1. The first kappa shape index (κ1) is 18.5. The number of carbonyl (C=O) groups excluding carboxylic acids is 2. The number of fused-ring (bicyclic) bond motifs is 1. The van der Waals surface area contributed by atoms with Gasteiger partial charge in [0.05, 0.1) is 31.7 Å². The van der Waals surface area contributed by atoms with E-state index in [1.807, 2.05) is 32.0 Å². The fourth-order valence-corrected chi connectivity index (χ4v) is 3.48. The van der Waals surface area contributed by atoms with Crippen molar-refractivity contribution in [2.75, 3.05) is 33.0 Å². The van der Waals surface area contributed by atoms with Gasteiger partial charge in [-0.25, -0.2) is 0 Å². The fourth-order valence-electron chi connectivity index (χ4n) is 3.48. The lowest BCUT2D eigenvalue weighted by Gasteiger charge is -2.28. The van der Waals surface area contributed by atoms with Crippen LogP contribution in [0.4, 0.5) is 0 Å². The van der Waals surface area contributed by atoms with Crippen LogP contribution in [0.1, 0.15) is 38.3 Å². The highest BCUT2D eigenvalue weighted by Gasteiger charge is 2.29. The molecule has 1 amide bonds. The minimum atomic E-state index is -0.104. The number of nitrogens with one attached hydrogen (secondary N) is 2. The maximum Gasteiger partial charge on any atom is 0.309 e. The van der Waals surface area contributed by atoms with Crippen LogP contribution >= 0.6 is 0 Å². The first-order valence-electron chi connectivity index (χ1n) is 9.26. The molecule has 0 spiro atoms. The zero-order valence-corrected chi connectivity index (χ0v) is 15.4. The van der Waals surface area contributed by atoms with Gasteiger partial charge in [0.25, 0.3) is 5.91 Å². The van der Waals surface area contributed by atoms with Crippen LogP contribution in [0, 0.1) is 5.92 Å². The first-order valence-corrected chi connectivity index (χ1v) is 9.26. The van der Waals surface area contributed by atoms with Gasteiger partial charge in [-0.15, -0.1) is 0 Å². The van der Waals surface area contributed by atoms with Crippen LogP contribution in [0.5, 0.6) is 11.5 Å². The molecule has 0 unspecified atom stereocenters. The molecule has 142 valence electrons. The van der Waals surface area contributed by atoms with Crippen molar-refractivity contribution >= 4 is 11.9 Å². The Balaban J connectivity index is 1.45. The summed E-state index contributed by atoms with van der Waals surface area (Å²) in [5.41, 5.74) is 0.985. The smallest absolute Gasteiger partial charge is 0.309 e. The highest BCUT2D eigenvalue weighted by atomic mass is 16.7. The zero-order valence-electron chi connectivity index (χ0n) is 15.4. The second-order valence-electron chi connectivity index (χ2n) is 6.85. The van der Waals surface area contributed by atoms with Crippen molar-refractivity contribution < 1.29 is 28.7 Å². The molecule has 0 aromatic heterocycles. The summed E-state index contributed by atoms with van der Waals surface area (Å²) in [6.07, 6.45) is 1.55. The van der Waals surface area contributed by atoms with Gasteiger partial charge in [0.1, 0.15) is 0 Å². The predicted octanol–water partition coefficient (Wildman–Crippen LogP) is 0.451. The SMILES string of the molecule is CCOC(=O)C1CC[NH+](CC(=O)N[C@H](C)c2ccc3c(c2)OCO3)CC1. The molecule has 0 radical (unpaired) electrons. The van der Waals surface area contributed by atoms with Gasteiger partial charge in [-0.3, -0.25) is 9.59 Å². The van der Waals surface area contributed by atoms with Crippen LogP contribution in [0.2, 0.25) is 0 Å². The van der Waals surface area contributed by atoms with Crippen molar-refractivity contribution in [3.8, 4) is 11.5 Å². The van der Waals surface area contributed by atoms with Crippen LogP contribution in [0.3, 0.4) is 0 Å². The van der Waals surface area contributed by atoms with Crippen LogP contribution in [-0.4, -0.2) is 44.9 Å². The molecule has 0 bridgehead atoms. The number of esters is 1. The largest absolute Gasteiger partial charge is 0.466 e. The summed E-state index contributed by atoms with van der Waals surface area (Å²) in [5.74, 6) is 1.35. The predicted molar refractivity (Wildman–Crippen MR) is 94.0 cm³/mol. The van der Waals surface area contributed by atoms with Crippen LogP contribution in [-0.2, 0) is 14.3 Å². The van der Waals surface area contributed by atoms with Gasteiger partial charge in [-0.1, -0.05) is 6.07 Å². The summed E-state index contributed by atoms with van der Waals surface area (Å²) >= 11 is 0. The van der Waals surface area contributed by atoms with E-state index in [9.17, 15) is 9.59 Å². The summed E-state index contributed by atoms with van der Waals surface area (Å²) in [4.78, 5) is 25.4. The molecule has 1 saturated heterocycles. The quantitative estimate of drug-likeness (QED) is 0.718. The molecule has 2 heterocycles. The highest BCUT2D eigenvalue weighted by Crippen LogP contribution is 2.34. The topological polar surface area (TPSA) is 78.3 Å². The molecule has 7 heteroatoms. The Morgan fingerprint density at radius 3 is 2.73 bits per heavy atom. The molecule has 0 saturated carbocycles. The number of benzene rings is 1. The molecule has 2 aliphatic heterocycles. The van der Waals surface area contributed by atoms with E-state index >= 15 is 0 Å². The van der Waals surface area contributed by atoms with E-state index in [2.05, 4.69) is 5.32 Å². The van der Waals surface area contributed by atoms with Crippen molar-refractivity contribution in [2.45, 2.75) is 32.7 Å².